The van der Waals surface area contributed by atoms with Crippen molar-refractivity contribution < 1.29 is 18.0 Å². The topological polar surface area (TPSA) is 20.3 Å². The van der Waals surface area contributed by atoms with E-state index in [2.05, 4.69) is 0 Å². The zero-order valence-corrected chi connectivity index (χ0v) is 7.77. The Kier molecular flexibility index (Phi) is 2.38. The molecule has 1 saturated heterocycles. The van der Waals surface area contributed by atoms with Crippen molar-refractivity contribution in [2.75, 3.05) is 11.4 Å². The Hall–Kier alpha value is -1.52. The second-order valence-corrected chi connectivity index (χ2v) is 3.37. The van der Waals surface area contributed by atoms with Crippen LogP contribution in [0.15, 0.2) is 12.1 Å². The van der Waals surface area contributed by atoms with Gasteiger partial charge in [-0.15, -0.1) is 0 Å². The minimum Gasteiger partial charge on any atom is -0.309 e. The Bertz CT molecular complexity index is 419. The van der Waals surface area contributed by atoms with Crippen LogP contribution in [0.1, 0.15) is 12.8 Å². The van der Waals surface area contributed by atoms with Crippen molar-refractivity contribution in [2.24, 2.45) is 0 Å². The van der Waals surface area contributed by atoms with E-state index in [0.29, 0.717) is 19.0 Å². The van der Waals surface area contributed by atoms with E-state index >= 15 is 0 Å². The molecule has 0 N–H and O–H groups in total. The predicted octanol–water partition coefficient (Wildman–Crippen LogP) is 2.23. The van der Waals surface area contributed by atoms with Crippen LogP contribution >= 0.6 is 0 Å². The summed E-state index contributed by atoms with van der Waals surface area (Å²) in [6, 6.07) is 1.29. The van der Waals surface area contributed by atoms with Crippen LogP contribution < -0.4 is 4.90 Å². The lowest BCUT2D eigenvalue weighted by Crippen LogP contribution is -2.25. The number of nitrogens with zero attached hydrogens (tertiary/aromatic N) is 1. The van der Waals surface area contributed by atoms with Crippen molar-refractivity contribution >= 4 is 11.6 Å². The fraction of sp³-hybridized carbons (Fsp3) is 0.300. The molecule has 0 unspecified atom stereocenters. The van der Waals surface area contributed by atoms with E-state index in [1.807, 2.05) is 0 Å². The number of halogens is 3. The smallest absolute Gasteiger partial charge is 0.227 e. The summed E-state index contributed by atoms with van der Waals surface area (Å²) >= 11 is 0. The molecular formula is C10H8F3NO. The molecule has 0 bridgehead atoms. The summed E-state index contributed by atoms with van der Waals surface area (Å²) in [7, 11) is 0. The third-order valence-electron chi connectivity index (χ3n) is 2.34. The highest BCUT2D eigenvalue weighted by Crippen LogP contribution is 2.27. The van der Waals surface area contributed by atoms with E-state index in [4.69, 9.17) is 0 Å². The highest BCUT2D eigenvalue weighted by atomic mass is 19.2. The van der Waals surface area contributed by atoms with Gasteiger partial charge in [-0.3, -0.25) is 4.79 Å². The van der Waals surface area contributed by atoms with Crippen molar-refractivity contribution in [2.45, 2.75) is 12.8 Å². The average Bonchev–Trinajstić information content (AvgIpc) is 2.58. The molecule has 15 heavy (non-hydrogen) atoms. The van der Waals surface area contributed by atoms with E-state index in [0.717, 1.165) is 11.0 Å². The van der Waals surface area contributed by atoms with Gasteiger partial charge in [-0.05, 0) is 6.42 Å². The molecule has 0 atom stereocenters. The third-order valence-corrected chi connectivity index (χ3v) is 2.34. The van der Waals surface area contributed by atoms with Gasteiger partial charge in [0, 0.05) is 25.1 Å². The highest BCUT2D eigenvalue weighted by Gasteiger charge is 2.26. The van der Waals surface area contributed by atoms with E-state index in [9.17, 15) is 18.0 Å². The van der Waals surface area contributed by atoms with Gasteiger partial charge in [-0.2, -0.15) is 0 Å². The molecule has 1 fully saturated rings. The zero-order valence-electron chi connectivity index (χ0n) is 7.77. The minimum atomic E-state index is -1.27. The first-order valence-electron chi connectivity index (χ1n) is 4.54. The summed E-state index contributed by atoms with van der Waals surface area (Å²) < 4.78 is 39.0. The van der Waals surface area contributed by atoms with Gasteiger partial charge < -0.3 is 4.90 Å². The number of benzene rings is 1. The van der Waals surface area contributed by atoms with Crippen molar-refractivity contribution in [3.05, 3.63) is 29.6 Å². The van der Waals surface area contributed by atoms with Crippen LogP contribution in [0.4, 0.5) is 18.9 Å². The molecule has 0 radical (unpaired) electrons. The standard InChI is InChI=1S/C10H8F3NO/c11-6-4-7(12)10(13)8(5-6)14-3-1-2-9(14)15/h4-5H,1-3H2. The van der Waals surface area contributed by atoms with Gasteiger partial charge in [0.15, 0.2) is 11.6 Å². The molecule has 1 heterocycles. The number of carbonyl (C=O) groups excluding carboxylic acids is 1. The summed E-state index contributed by atoms with van der Waals surface area (Å²) in [5.41, 5.74) is -0.310. The lowest BCUT2D eigenvalue weighted by atomic mass is 10.2. The number of hydrogen-bond donors (Lipinski definition) is 0. The monoisotopic (exact) mass is 215 g/mol. The number of hydrogen-bond acceptors (Lipinski definition) is 1. The molecule has 0 saturated carbocycles. The molecule has 0 aliphatic carbocycles. The number of amides is 1. The van der Waals surface area contributed by atoms with Crippen LogP contribution in [0.3, 0.4) is 0 Å². The maximum absolute atomic E-state index is 13.3. The molecule has 5 heteroatoms. The molecule has 1 aromatic rings. The van der Waals surface area contributed by atoms with Gasteiger partial charge >= 0.3 is 0 Å². The normalized spacial score (nSPS) is 16.2. The van der Waals surface area contributed by atoms with E-state index < -0.39 is 17.5 Å². The van der Waals surface area contributed by atoms with Crippen LogP contribution in [0.25, 0.3) is 0 Å². The van der Waals surface area contributed by atoms with Gasteiger partial charge in [0.25, 0.3) is 0 Å². The SMILES string of the molecule is O=C1CCCN1c1cc(F)cc(F)c1F. The van der Waals surface area contributed by atoms with Crippen molar-refractivity contribution in [1.29, 1.82) is 0 Å². The fourth-order valence-electron chi connectivity index (χ4n) is 1.64. The first-order chi connectivity index (χ1) is 7.09. The van der Waals surface area contributed by atoms with E-state index in [-0.39, 0.29) is 18.0 Å². The Balaban J connectivity index is 2.47. The summed E-state index contributed by atoms with van der Waals surface area (Å²) in [5, 5.41) is 0. The minimum absolute atomic E-state index is 0.289. The molecule has 1 amide bonds. The lowest BCUT2D eigenvalue weighted by Gasteiger charge is -2.16. The number of rotatable bonds is 1. The fourth-order valence-corrected chi connectivity index (χ4v) is 1.64. The van der Waals surface area contributed by atoms with Crippen LogP contribution in [0.5, 0.6) is 0 Å². The third kappa shape index (κ3) is 1.69. The Morgan fingerprint density at radius 3 is 2.53 bits per heavy atom. The summed E-state index contributed by atoms with van der Waals surface area (Å²) in [6.07, 6.45) is 0.869. The van der Waals surface area contributed by atoms with Gasteiger partial charge in [0.1, 0.15) is 5.82 Å². The zero-order chi connectivity index (χ0) is 11.0. The van der Waals surface area contributed by atoms with E-state index in [1.165, 1.54) is 0 Å². The maximum atomic E-state index is 13.3. The van der Waals surface area contributed by atoms with Crippen molar-refractivity contribution in [3.8, 4) is 0 Å². The first-order valence-corrected chi connectivity index (χ1v) is 4.54. The van der Waals surface area contributed by atoms with Gasteiger partial charge in [-0.1, -0.05) is 0 Å². The van der Waals surface area contributed by atoms with Crippen LogP contribution in [0.2, 0.25) is 0 Å². The van der Waals surface area contributed by atoms with Crippen molar-refractivity contribution in [1.82, 2.24) is 0 Å². The van der Waals surface area contributed by atoms with E-state index in [1.54, 1.807) is 0 Å². The van der Waals surface area contributed by atoms with Crippen LogP contribution in [-0.2, 0) is 4.79 Å². The molecule has 1 aliphatic rings. The van der Waals surface area contributed by atoms with Gasteiger partial charge in [0.2, 0.25) is 5.91 Å². The van der Waals surface area contributed by atoms with Crippen LogP contribution in [-0.4, -0.2) is 12.5 Å². The molecule has 0 aromatic heterocycles. The second kappa shape index (κ2) is 3.56. The average molecular weight is 215 g/mol. The Labute approximate surface area is 84.3 Å². The summed E-state index contributed by atoms with van der Waals surface area (Å²) in [5.74, 6) is -3.64. The van der Waals surface area contributed by atoms with Crippen LogP contribution in [0, 0.1) is 17.5 Å². The largest absolute Gasteiger partial charge is 0.309 e. The molecule has 2 rings (SSSR count). The van der Waals surface area contributed by atoms with Gasteiger partial charge in [0.05, 0.1) is 5.69 Å². The Morgan fingerprint density at radius 2 is 1.93 bits per heavy atom. The first kappa shape index (κ1) is 10.0. The molecular weight excluding hydrogens is 207 g/mol. The quantitative estimate of drug-likeness (QED) is 0.658. The summed E-state index contributed by atoms with van der Waals surface area (Å²) in [4.78, 5) is 12.3. The predicted molar refractivity (Wildman–Crippen MR) is 47.9 cm³/mol. The van der Waals surface area contributed by atoms with Gasteiger partial charge in [-0.25, -0.2) is 13.2 Å². The molecule has 1 aromatic carbocycles. The number of carbonyl (C=O) groups is 1. The lowest BCUT2D eigenvalue weighted by molar-refractivity contribution is -0.117. The summed E-state index contributed by atoms with van der Waals surface area (Å²) in [6.45, 7) is 0.304. The highest BCUT2D eigenvalue weighted by molar-refractivity contribution is 5.95. The molecule has 1 aliphatic heterocycles. The molecule has 2 nitrogen and oxygen atoms in total. The number of anilines is 1. The molecule has 80 valence electrons. The second-order valence-electron chi connectivity index (χ2n) is 3.37. The maximum Gasteiger partial charge on any atom is 0.227 e. The van der Waals surface area contributed by atoms with Crippen molar-refractivity contribution in [3.63, 3.8) is 0 Å². The Morgan fingerprint density at radius 1 is 1.20 bits per heavy atom. The molecule has 0 spiro atoms.